The molecule has 1 atom stereocenters. The number of aromatic amines is 1. The van der Waals surface area contributed by atoms with E-state index in [0.717, 1.165) is 16.5 Å². The normalized spacial score (nSPS) is 16.8. The Bertz CT molecular complexity index is 832. The molecule has 1 saturated heterocycles. The summed E-state index contributed by atoms with van der Waals surface area (Å²) in [7, 11) is 1.56. The van der Waals surface area contributed by atoms with Crippen LogP contribution in [-0.2, 0) is 20.7 Å². The number of aromatic nitrogens is 1. The number of benzene rings is 1. The molecule has 0 aliphatic carbocycles. The van der Waals surface area contributed by atoms with E-state index in [1.165, 1.54) is 4.90 Å². The molecule has 8 nitrogen and oxygen atoms in total. The number of urea groups is 1. The molecule has 1 aromatic carbocycles. The fourth-order valence-corrected chi connectivity index (χ4v) is 3.21. The highest BCUT2D eigenvalue weighted by Crippen LogP contribution is 2.19. The van der Waals surface area contributed by atoms with Crippen LogP contribution in [0.1, 0.15) is 18.4 Å². The molecule has 4 amide bonds. The van der Waals surface area contributed by atoms with E-state index in [9.17, 15) is 14.4 Å². The maximum Gasteiger partial charge on any atom is 0.324 e. The number of nitrogens with one attached hydrogen (secondary N) is 3. The SMILES string of the molecule is COCCNC(=O)CC[C@H]1NC(=O)N(CCc2c[nH]c3ccccc23)C1=O. The molecule has 144 valence electrons. The number of para-hydroxylation sites is 1. The van der Waals surface area contributed by atoms with Gasteiger partial charge in [0.2, 0.25) is 5.91 Å². The van der Waals surface area contributed by atoms with Crippen LogP contribution in [-0.4, -0.2) is 60.6 Å². The number of fused-ring (bicyclic) bond motifs is 1. The van der Waals surface area contributed by atoms with E-state index in [1.54, 1.807) is 7.11 Å². The molecule has 8 heteroatoms. The van der Waals surface area contributed by atoms with E-state index < -0.39 is 12.1 Å². The number of imide groups is 1. The second kappa shape index (κ2) is 8.68. The van der Waals surface area contributed by atoms with Crippen molar-refractivity contribution >= 4 is 28.7 Å². The topological polar surface area (TPSA) is 104 Å². The summed E-state index contributed by atoms with van der Waals surface area (Å²) in [4.78, 5) is 40.8. The van der Waals surface area contributed by atoms with Gasteiger partial charge in [-0.1, -0.05) is 18.2 Å². The zero-order valence-electron chi connectivity index (χ0n) is 15.3. The van der Waals surface area contributed by atoms with Gasteiger partial charge in [0.05, 0.1) is 6.61 Å². The molecule has 3 rings (SSSR count). The van der Waals surface area contributed by atoms with Gasteiger partial charge in [0.15, 0.2) is 0 Å². The molecule has 3 N–H and O–H groups in total. The molecule has 2 heterocycles. The summed E-state index contributed by atoms with van der Waals surface area (Å²) in [5.41, 5.74) is 2.09. The van der Waals surface area contributed by atoms with Gasteiger partial charge in [-0.3, -0.25) is 14.5 Å². The van der Waals surface area contributed by atoms with E-state index >= 15 is 0 Å². The van der Waals surface area contributed by atoms with Crippen molar-refractivity contribution in [2.45, 2.75) is 25.3 Å². The second-order valence-electron chi connectivity index (χ2n) is 6.48. The van der Waals surface area contributed by atoms with Crippen LogP contribution in [0.2, 0.25) is 0 Å². The Balaban J connectivity index is 1.51. The highest BCUT2D eigenvalue weighted by atomic mass is 16.5. The number of hydrogen-bond donors (Lipinski definition) is 3. The maximum atomic E-state index is 12.5. The molecular formula is C19H24N4O4. The van der Waals surface area contributed by atoms with Crippen molar-refractivity contribution < 1.29 is 19.1 Å². The number of H-pyrrole nitrogens is 1. The van der Waals surface area contributed by atoms with Crippen molar-refractivity contribution in [3.05, 3.63) is 36.0 Å². The van der Waals surface area contributed by atoms with Gasteiger partial charge in [-0.25, -0.2) is 4.79 Å². The Morgan fingerprint density at radius 3 is 2.93 bits per heavy atom. The number of methoxy groups -OCH3 is 1. The minimum absolute atomic E-state index is 0.161. The standard InChI is InChI=1S/C19H24N4O4/c1-27-11-9-20-17(24)7-6-16-18(25)23(19(26)22-16)10-8-13-12-21-15-5-3-2-4-14(13)15/h2-5,12,16,21H,6-11H2,1H3,(H,20,24)(H,22,26)/t16-/m1/s1. The highest BCUT2D eigenvalue weighted by molar-refractivity contribution is 6.04. The van der Waals surface area contributed by atoms with Gasteiger partial charge in [-0.15, -0.1) is 0 Å². The van der Waals surface area contributed by atoms with Gasteiger partial charge in [-0.2, -0.15) is 0 Å². The van der Waals surface area contributed by atoms with E-state index in [1.807, 2.05) is 30.5 Å². The van der Waals surface area contributed by atoms with Crippen molar-refractivity contribution in [1.82, 2.24) is 20.5 Å². The third-order valence-electron chi connectivity index (χ3n) is 4.68. The van der Waals surface area contributed by atoms with Gasteiger partial charge in [0, 0.05) is 43.7 Å². The zero-order chi connectivity index (χ0) is 19.2. The summed E-state index contributed by atoms with van der Waals surface area (Å²) in [6, 6.07) is 6.87. The summed E-state index contributed by atoms with van der Waals surface area (Å²) in [5, 5.41) is 6.46. The predicted molar refractivity (Wildman–Crippen MR) is 100 cm³/mol. The van der Waals surface area contributed by atoms with Gasteiger partial charge in [-0.05, 0) is 24.5 Å². The largest absolute Gasteiger partial charge is 0.383 e. The quantitative estimate of drug-likeness (QED) is 0.454. The summed E-state index contributed by atoms with van der Waals surface area (Å²) in [6.45, 7) is 1.17. The van der Waals surface area contributed by atoms with E-state index in [-0.39, 0.29) is 24.7 Å². The van der Waals surface area contributed by atoms with Crippen LogP contribution in [0.15, 0.2) is 30.5 Å². The van der Waals surface area contributed by atoms with Crippen LogP contribution in [0, 0.1) is 0 Å². The van der Waals surface area contributed by atoms with Crippen molar-refractivity contribution in [3.8, 4) is 0 Å². The first-order chi connectivity index (χ1) is 13.1. The molecule has 0 saturated carbocycles. The van der Waals surface area contributed by atoms with E-state index in [4.69, 9.17) is 4.74 Å². The molecule has 1 aliphatic heterocycles. The smallest absolute Gasteiger partial charge is 0.324 e. The summed E-state index contributed by atoms with van der Waals surface area (Å²) < 4.78 is 4.86. The Labute approximate surface area is 157 Å². The second-order valence-corrected chi connectivity index (χ2v) is 6.48. The van der Waals surface area contributed by atoms with E-state index in [2.05, 4.69) is 15.6 Å². The maximum absolute atomic E-state index is 12.5. The zero-order valence-corrected chi connectivity index (χ0v) is 15.3. The van der Waals surface area contributed by atoms with Crippen molar-refractivity contribution in [1.29, 1.82) is 0 Å². The first kappa shape index (κ1) is 18.9. The number of carbonyl (C=O) groups excluding carboxylic acids is 3. The third kappa shape index (κ3) is 4.46. The minimum atomic E-state index is -0.645. The summed E-state index contributed by atoms with van der Waals surface area (Å²) in [5.74, 6) is -0.434. The first-order valence-electron chi connectivity index (χ1n) is 9.02. The van der Waals surface area contributed by atoms with Crippen molar-refractivity contribution in [2.24, 2.45) is 0 Å². The van der Waals surface area contributed by atoms with Gasteiger partial charge >= 0.3 is 6.03 Å². The number of nitrogens with zero attached hydrogens (tertiary/aromatic N) is 1. The van der Waals surface area contributed by atoms with Crippen LogP contribution in [0.25, 0.3) is 10.9 Å². The van der Waals surface area contributed by atoms with Crippen LogP contribution < -0.4 is 10.6 Å². The van der Waals surface area contributed by atoms with Crippen molar-refractivity contribution in [3.63, 3.8) is 0 Å². The monoisotopic (exact) mass is 372 g/mol. The molecule has 0 bridgehead atoms. The number of ether oxygens (including phenoxy) is 1. The molecule has 2 aromatic rings. The summed E-state index contributed by atoms with van der Waals surface area (Å²) in [6.07, 6.45) is 2.95. The molecule has 1 aromatic heterocycles. The highest BCUT2D eigenvalue weighted by Gasteiger charge is 2.37. The Hall–Kier alpha value is -2.87. The fraction of sp³-hybridized carbons (Fsp3) is 0.421. The van der Waals surface area contributed by atoms with Crippen LogP contribution in [0.5, 0.6) is 0 Å². The van der Waals surface area contributed by atoms with Crippen LogP contribution in [0.4, 0.5) is 4.79 Å². The molecular weight excluding hydrogens is 348 g/mol. The molecule has 1 aliphatic rings. The lowest BCUT2D eigenvalue weighted by atomic mass is 10.1. The lowest BCUT2D eigenvalue weighted by molar-refractivity contribution is -0.127. The number of hydrogen-bond acceptors (Lipinski definition) is 4. The predicted octanol–water partition coefficient (Wildman–Crippen LogP) is 1.17. The fourth-order valence-electron chi connectivity index (χ4n) is 3.21. The molecule has 1 fully saturated rings. The first-order valence-corrected chi connectivity index (χ1v) is 9.02. The molecule has 0 spiro atoms. The van der Waals surface area contributed by atoms with Crippen LogP contribution >= 0.6 is 0 Å². The van der Waals surface area contributed by atoms with Gasteiger partial charge in [0.1, 0.15) is 6.04 Å². The lowest BCUT2D eigenvalue weighted by Gasteiger charge is -2.12. The third-order valence-corrected chi connectivity index (χ3v) is 4.68. The average molecular weight is 372 g/mol. The van der Waals surface area contributed by atoms with Crippen LogP contribution in [0.3, 0.4) is 0 Å². The average Bonchev–Trinajstić information content (AvgIpc) is 3.19. The van der Waals surface area contributed by atoms with Crippen molar-refractivity contribution in [2.75, 3.05) is 26.8 Å². The Kier molecular flexibility index (Phi) is 6.08. The van der Waals surface area contributed by atoms with E-state index in [0.29, 0.717) is 26.1 Å². The lowest BCUT2D eigenvalue weighted by Crippen LogP contribution is -2.34. The molecule has 0 unspecified atom stereocenters. The number of rotatable bonds is 9. The number of carbonyl (C=O) groups is 3. The Morgan fingerprint density at radius 1 is 1.30 bits per heavy atom. The number of amides is 4. The van der Waals surface area contributed by atoms with Gasteiger partial charge in [0.25, 0.3) is 5.91 Å². The molecule has 27 heavy (non-hydrogen) atoms. The van der Waals surface area contributed by atoms with Gasteiger partial charge < -0.3 is 20.4 Å². The summed E-state index contributed by atoms with van der Waals surface area (Å²) >= 11 is 0. The minimum Gasteiger partial charge on any atom is -0.383 e. The molecule has 0 radical (unpaired) electrons. The Morgan fingerprint density at radius 2 is 2.11 bits per heavy atom.